The zero-order chi connectivity index (χ0) is 18.7. The van der Waals surface area contributed by atoms with Crippen molar-refractivity contribution in [3.63, 3.8) is 0 Å². The molecule has 0 fully saturated rings. The van der Waals surface area contributed by atoms with Crippen LogP contribution in [-0.4, -0.2) is 22.0 Å². The number of nitrogens with one attached hydrogen (secondary N) is 3. The van der Waals surface area contributed by atoms with Crippen LogP contribution in [0.1, 0.15) is 17.4 Å². The van der Waals surface area contributed by atoms with E-state index in [2.05, 4.69) is 20.8 Å². The lowest BCUT2D eigenvalue weighted by Crippen LogP contribution is -2.14. The van der Waals surface area contributed by atoms with E-state index >= 15 is 0 Å². The Morgan fingerprint density at radius 1 is 1.12 bits per heavy atom. The average molecular weight is 373 g/mol. The van der Waals surface area contributed by atoms with Gasteiger partial charge in [-0.1, -0.05) is 29.8 Å². The molecule has 1 heterocycles. The van der Waals surface area contributed by atoms with Crippen molar-refractivity contribution in [2.24, 2.45) is 0 Å². The maximum atomic E-state index is 13.9. The van der Waals surface area contributed by atoms with Crippen molar-refractivity contribution in [2.75, 3.05) is 10.6 Å². The quantitative estimate of drug-likeness (QED) is 0.645. The summed E-state index contributed by atoms with van der Waals surface area (Å²) in [5.41, 5.74) is 1.62. The van der Waals surface area contributed by atoms with E-state index in [0.717, 1.165) is 6.07 Å². The molecular weight excluding hydrogens is 359 g/mol. The summed E-state index contributed by atoms with van der Waals surface area (Å²) in [7, 11) is 0. The Balaban J connectivity index is 1.81. The van der Waals surface area contributed by atoms with Gasteiger partial charge < -0.3 is 10.6 Å². The molecule has 3 aromatic rings. The Bertz CT molecular complexity index is 987. The number of benzene rings is 2. The topological polar surface area (TPSA) is 86.9 Å². The van der Waals surface area contributed by atoms with E-state index in [1.807, 2.05) is 0 Å². The Hall–Kier alpha value is -3.19. The van der Waals surface area contributed by atoms with Gasteiger partial charge in [-0.15, -0.1) is 0 Å². The van der Waals surface area contributed by atoms with E-state index < -0.39 is 11.7 Å². The minimum Gasteiger partial charge on any atom is -0.326 e. The third kappa shape index (κ3) is 3.89. The van der Waals surface area contributed by atoms with Gasteiger partial charge in [-0.2, -0.15) is 5.10 Å². The molecule has 0 aliphatic carbocycles. The van der Waals surface area contributed by atoms with Crippen molar-refractivity contribution in [1.82, 2.24) is 10.2 Å². The molecular formula is C18H14ClFN4O2. The molecule has 8 heteroatoms. The molecule has 0 atom stereocenters. The fourth-order valence-electron chi connectivity index (χ4n) is 2.34. The number of carbonyl (C=O) groups excluding carboxylic acids is 2. The molecule has 6 nitrogen and oxygen atoms in total. The van der Waals surface area contributed by atoms with Crippen molar-refractivity contribution in [3.05, 3.63) is 65.1 Å². The number of halogens is 2. The molecule has 132 valence electrons. The second-order valence-electron chi connectivity index (χ2n) is 5.48. The predicted molar refractivity (Wildman–Crippen MR) is 97.7 cm³/mol. The zero-order valence-corrected chi connectivity index (χ0v) is 14.4. The summed E-state index contributed by atoms with van der Waals surface area (Å²) in [6.45, 7) is 1.34. The summed E-state index contributed by atoms with van der Waals surface area (Å²) in [4.78, 5) is 23.5. The van der Waals surface area contributed by atoms with Crippen LogP contribution in [0.5, 0.6) is 0 Å². The Morgan fingerprint density at radius 3 is 2.62 bits per heavy atom. The number of carbonyl (C=O) groups is 2. The van der Waals surface area contributed by atoms with Gasteiger partial charge in [0, 0.05) is 18.2 Å². The first kappa shape index (κ1) is 17.6. The van der Waals surface area contributed by atoms with Gasteiger partial charge >= 0.3 is 0 Å². The van der Waals surface area contributed by atoms with E-state index in [-0.39, 0.29) is 17.3 Å². The van der Waals surface area contributed by atoms with Crippen LogP contribution >= 0.6 is 11.6 Å². The fourth-order valence-corrected chi connectivity index (χ4v) is 2.57. The summed E-state index contributed by atoms with van der Waals surface area (Å²) < 4.78 is 13.9. The fraction of sp³-hybridized carbons (Fsp3) is 0.0556. The number of amides is 2. The number of nitrogens with zero attached hydrogens (tertiary/aromatic N) is 1. The average Bonchev–Trinajstić information content (AvgIpc) is 3.08. The van der Waals surface area contributed by atoms with Gasteiger partial charge in [-0.25, -0.2) is 4.39 Å². The van der Waals surface area contributed by atoms with E-state index in [0.29, 0.717) is 22.0 Å². The van der Waals surface area contributed by atoms with Crippen LogP contribution in [0.25, 0.3) is 11.3 Å². The maximum Gasteiger partial charge on any atom is 0.273 e. The van der Waals surface area contributed by atoms with Crippen LogP contribution in [0.4, 0.5) is 15.8 Å². The minimum atomic E-state index is -0.627. The lowest BCUT2D eigenvalue weighted by molar-refractivity contribution is -0.114. The lowest BCUT2D eigenvalue weighted by Gasteiger charge is -2.08. The SMILES string of the molecule is CC(=O)Nc1ccc(F)c(NC(=O)c2cc(-c3ccccc3Cl)n[nH]2)c1. The van der Waals surface area contributed by atoms with Crippen molar-refractivity contribution in [1.29, 1.82) is 0 Å². The first-order chi connectivity index (χ1) is 12.4. The lowest BCUT2D eigenvalue weighted by atomic mass is 10.1. The molecule has 1 aromatic heterocycles. The Labute approximate surface area is 153 Å². The highest BCUT2D eigenvalue weighted by atomic mass is 35.5. The predicted octanol–water partition coefficient (Wildman–Crippen LogP) is 4.08. The highest BCUT2D eigenvalue weighted by molar-refractivity contribution is 6.33. The number of hydrogen-bond acceptors (Lipinski definition) is 3. The number of hydrogen-bond donors (Lipinski definition) is 3. The molecule has 0 radical (unpaired) electrons. The van der Waals surface area contributed by atoms with Gasteiger partial charge in [0.25, 0.3) is 5.91 Å². The number of aromatic nitrogens is 2. The van der Waals surface area contributed by atoms with Gasteiger partial charge in [0.15, 0.2) is 0 Å². The van der Waals surface area contributed by atoms with Crippen LogP contribution < -0.4 is 10.6 Å². The second-order valence-corrected chi connectivity index (χ2v) is 5.88. The van der Waals surface area contributed by atoms with E-state index in [1.165, 1.54) is 25.1 Å². The summed E-state index contributed by atoms with van der Waals surface area (Å²) in [5.74, 6) is -1.50. The first-order valence-corrected chi connectivity index (χ1v) is 8.00. The zero-order valence-electron chi connectivity index (χ0n) is 13.6. The third-order valence-electron chi connectivity index (χ3n) is 3.51. The van der Waals surface area contributed by atoms with Gasteiger partial charge in [-0.05, 0) is 30.3 Å². The molecule has 0 bridgehead atoms. The summed E-state index contributed by atoms with van der Waals surface area (Å²) in [6, 6.07) is 12.5. The molecule has 0 aliphatic heterocycles. The molecule has 0 aliphatic rings. The maximum absolute atomic E-state index is 13.9. The monoisotopic (exact) mass is 372 g/mol. The van der Waals surface area contributed by atoms with Crippen molar-refractivity contribution >= 4 is 34.8 Å². The largest absolute Gasteiger partial charge is 0.326 e. The normalized spacial score (nSPS) is 10.4. The molecule has 2 amide bonds. The standard InChI is InChI=1S/C18H14ClFN4O2/c1-10(25)21-11-6-7-14(20)16(8-11)22-18(26)17-9-15(23-24-17)12-4-2-3-5-13(12)19/h2-9H,1H3,(H,21,25)(H,22,26)(H,23,24). The van der Waals surface area contributed by atoms with Gasteiger partial charge in [0.2, 0.25) is 5.91 Å². The smallest absolute Gasteiger partial charge is 0.273 e. The Kier molecular flexibility index (Phi) is 4.99. The summed E-state index contributed by atoms with van der Waals surface area (Å²) >= 11 is 6.12. The summed E-state index contributed by atoms with van der Waals surface area (Å²) in [6.07, 6.45) is 0. The number of aromatic amines is 1. The van der Waals surface area contributed by atoms with Gasteiger partial charge in [0.1, 0.15) is 11.5 Å². The second kappa shape index (κ2) is 7.37. The van der Waals surface area contributed by atoms with E-state index in [4.69, 9.17) is 11.6 Å². The molecule has 2 aromatic carbocycles. The van der Waals surface area contributed by atoms with Gasteiger partial charge in [0.05, 0.1) is 16.4 Å². The highest BCUT2D eigenvalue weighted by Crippen LogP contribution is 2.26. The first-order valence-electron chi connectivity index (χ1n) is 7.63. The van der Waals surface area contributed by atoms with Crippen LogP contribution in [0.15, 0.2) is 48.5 Å². The van der Waals surface area contributed by atoms with Crippen molar-refractivity contribution in [3.8, 4) is 11.3 Å². The Morgan fingerprint density at radius 2 is 1.88 bits per heavy atom. The van der Waals surface area contributed by atoms with E-state index in [1.54, 1.807) is 24.3 Å². The molecule has 0 spiro atoms. The number of H-pyrrole nitrogens is 1. The molecule has 3 rings (SSSR count). The van der Waals surface area contributed by atoms with Crippen LogP contribution in [-0.2, 0) is 4.79 Å². The molecule has 0 saturated carbocycles. The number of anilines is 2. The number of rotatable bonds is 4. The highest BCUT2D eigenvalue weighted by Gasteiger charge is 2.15. The molecule has 0 saturated heterocycles. The van der Waals surface area contributed by atoms with Crippen LogP contribution in [0, 0.1) is 5.82 Å². The van der Waals surface area contributed by atoms with Crippen LogP contribution in [0.3, 0.4) is 0 Å². The summed E-state index contributed by atoms with van der Waals surface area (Å²) in [5, 5.41) is 12.1. The van der Waals surface area contributed by atoms with Crippen molar-refractivity contribution in [2.45, 2.75) is 6.92 Å². The van der Waals surface area contributed by atoms with Gasteiger partial charge in [-0.3, -0.25) is 14.7 Å². The third-order valence-corrected chi connectivity index (χ3v) is 3.84. The van der Waals surface area contributed by atoms with Crippen LogP contribution in [0.2, 0.25) is 5.02 Å². The molecule has 3 N–H and O–H groups in total. The van der Waals surface area contributed by atoms with E-state index in [9.17, 15) is 14.0 Å². The molecule has 0 unspecified atom stereocenters. The molecule has 26 heavy (non-hydrogen) atoms. The minimum absolute atomic E-state index is 0.0601. The van der Waals surface area contributed by atoms with Crippen molar-refractivity contribution < 1.29 is 14.0 Å².